The van der Waals surface area contributed by atoms with Crippen molar-refractivity contribution in [1.82, 2.24) is 9.55 Å². The Morgan fingerprint density at radius 3 is 2.93 bits per heavy atom. The van der Waals surface area contributed by atoms with E-state index >= 15 is 0 Å². The number of allylic oxidation sites excluding steroid dienone is 1. The molecular formula is C9H11N3O2. The summed E-state index contributed by atoms with van der Waals surface area (Å²) >= 11 is 0. The van der Waals surface area contributed by atoms with Crippen LogP contribution in [0.1, 0.15) is 12.5 Å². The van der Waals surface area contributed by atoms with Gasteiger partial charge in [0.25, 0.3) is 0 Å². The van der Waals surface area contributed by atoms with Crippen molar-refractivity contribution < 1.29 is 5.11 Å². The molecule has 74 valence electrons. The average Bonchev–Trinajstić information content (AvgIpc) is 2.51. The Balaban J connectivity index is 2.34. The first kappa shape index (κ1) is 8.96. The van der Waals surface area contributed by atoms with Gasteiger partial charge in [0.1, 0.15) is 5.82 Å². The molecule has 1 aromatic rings. The van der Waals surface area contributed by atoms with E-state index in [-0.39, 0.29) is 17.5 Å². The second-order valence-corrected chi connectivity index (χ2v) is 3.30. The van der Waals surface area contributed by atoms with Gasteiger partial charge in [-0.15, -0.1) is 0 Å². The summed E-state index contributed by atoms with van der Waals surface area (Å²) in [6.45, 7) is 0. The molecule has 5 heteroatoms. The molecule has 1 heterocycles. The first-order chi connectivity index (χ1) is 6.66. The summed E-state index contributed by atoms with van der Waals surface area (Å²) in [5, 5.41) is 9.26. The number of hydrogen-bond acceptors (Lipinski definition) is 4. The standard InChI is InChI=1S/C9H11N3O2/c10-8-3-4-12(9(14)11-8)6-1-2-7(13)5-6/h1-4,6-7,13H,5H2,(H2,10,11,14)/t6-,7+/m0/s1. The highest BCUT2D eigenvalue weighted by atomic mass is 16.3. The minimum Gasteiger partial charge on any atom is -0.389 e. The predicted molar refractivity (Wildman–Crippen MR) is 51.7 cm³/mol. The largest absolute Gasteiger partial charge is 0.389 e. The SMILES string of the molecule is Nc1ccn([C@H]2C=C[C@@H](O)C2)c(=O)n1. The number of nitrogens with zero attached hydrogens (tertiary/aromatic N) is 2. The molecule has 0 aliphatic heterocycles. The van der Waals surface area contributed by atoms with Crippen molar-refractivity contribution >= 4 is 5.82 Å². The molecule has 0 unspecified atom stereocenters. The van der Waals surface area contributed by atoms with E-state index in [0.29, 0.717) is 6.42 Å². The van der Waals surface area contributed by atoms with Gasteiger partial charge in [0.05, 0.1) is 12.1 Å². The van der Waals surface area contributed by atoms with Crippen LogP contribution in [0, 0.1) is 0 Å². The van der Waals surface area contributed by atoms with Crippen LogP contribution in [0.5, 0.6) is 0 Å². The van der Waals surface area contributed by atoms with Crippen LogP contribution in [-0.4, -0.2) is 20.8 Å². The first-order valence-corrected chi connectivity index (χ1v) is 4.38. The van der Waals surface area contributed by atoms with E-state index in [1.807, 2.05) is 0 Å². The lowest BCUT2D eigenvalue weighted by molar-refractivity contribution is 0.210. The molecule has 1 aromatic heterocycles. The Morgan fingerprint density at radius 1 is 1.57 bits per heavy atom. The Hall–Kier alpha value is -1.62. The van der Waals surface area contributed by atoms with Crippen molar-refractivity contribution in [2.45, 2.75) is 18.6 Å². The third-order valence-electron chi connectivity index (χ3n) is 2.25. The number of anilines is 1. The molecule has 0 fully saturated rings. The van der Waals surface area contributed by atoms with Gasteiger partial charge in [-0.2, -0.15) is 4.98 Å². The number of aromatic nitrogens is 2. The molecule has 1 aliphatic carbocycles. The zero-order valence-electron chi connectivity index (χ0n) is 7.50. The van der Waals surface area contributed by atoms with Gasteiger partial charge in [0.15, 0.2) is 0 Å². The van der Waals surface area contributed by atoms with Crippen LogP contribution in [0.2, 0.25) is 0 Å². The summed E-state index contributed by atoms with van der Waals surface area (Å²) in [6, 6.07) is 1.46. The van der Waals surface area contributed by atoms with Crippen molar-refractivity contribution in [2.24, 2.45) is 0 Å². The normalized spacial score (nSPS) is 25.5. The molecule has 2 atom stereocenters. The van der Waals surface area contributed by atoms with Gasteiger partial charge in [-0.1, -0.05) is 12.2 Å². The third-order valence-corrected chi connectivity index (χ3v) is 2.25. The molecule has 0 saturated carbocycles. The molecular weight excluding hydrogens is 182 g/mol. The molecule has 0 radical (unpaired) electrons. The van der Waals surface area contributed by atoms with E-state index in [1.165, 1.54) is 4.57 Å². The van der Waals surface area contributed by atoms with E-state index in [2.05, 4.69) is 4.98 Å². The number of aliphatic hydroxyl groups is 1. The van der Waals surface area contributed by atoms with Crippen molar-refractivity contribution in [2.75, 3.05) is 5.73 Å². The highest BCUT2D eigenvalue weighted by Gasteiger charge is 2.18. The van der Waals surface area contributed by atoms with Crippen LogP contribution in [0.3, 0.4) is 0 Å². The van der Waals surface area contributed by atoms with Crippen LogP contribution in [0.25, 0.3) is 0 Å². The molecule has 0 saturated heterocycles. The van der Waals surface area contributed by atoms with Crippen LogP contribution >= 0.6 is 0 Å². The van der Waals surface area contributed by atoms with E-state index in [4.69, 9.17) is 5.73 Å². The summed E-state index contributed by atoms with van der Waals surface area (Å²) in [6.07, 6.45) is 5.12. The second kappa shape index (κ2) is 3.26. The lowest BCUT2D eigenvalue weighted by atomic mass is 10.2. The maximum Gasteiger partial charge on any atom is 0.350 e. The predicted octanol–water partition coefficient (Wildman–Crippen LogP) is -0.313. The highest BCUT2D eigenvalue weighted by molar-refractivity contribution is 5.24. The number of hydrogen-bond donors (Lipinski definition) is 2. The summed E-state index contributed by atoms with van der Waals surface area (Å²) < 4.78 is 1.46. The smallest absolute Gasteiger partial charge is 0.350 e. The van der Waals surface area contributed by atoms with Crippen molar-refractivity contribution in [3.63, 3.8) is 0 Å². The van der Waals surface area contributed by atoms with E-state index < -0.39 is 6.10 Å². The van der Waals surface area contributed by atoms with Gasteiger partial charge < -0.3 is 10.8 Å². The maximum atomic E-state index is 11.4. The lowest BCUT2D eigenvalue weighted by Crippen LogP contribution is -2.26. The first-order valence-electron chi connectivity index (χ1n) is 4.38. The number of rotatable bonds is 1. The Bertz CT molecular complexity index is 424. The fourth-order valence-electron chi connectivity index (χ4n) is 1.55. The molecule has 0 bridgehead atoms. The lowest BCUT2D eigenvalue weighted by Gasteiger charge is -2.11. The number of aliphatic hydroxyl groups excluding tert-OH is 1. The molecule has 5 nitrogen and oxygen atoms in total. The monoisotopic (exact) mass is 193 g/mol. The summed E-state index contributed by atoms with van der Waals surface area (Å²) in [5.74, 6) is 0.216. The fraction of sp³-hybridized carbons (Fsp3) is 0.333. The van der Waals surface area contributed by atoms with Gasteiger partial charge >= 0.3 is 5.69 Å². The van der Waals surface area contributed by atoms with E-state index in [1.54, 1.807) is 24.4 Å². The molecule has 0 aromatic carbocycles. The molecule has 1 aliphatic rings. The molecule has 0 spiro atoms. The molecule has 14 heavy (non-hydrogen) atoms. The third kappa shape index (κ3) is 1.54. The maximum absolute atomic E-state index is 11.4. The topological polar surface area (TPSA) is 81.1 Å². The van der Waals surface area contributed by atoms with Crippen LogP contribution < -0.4 is 11.4 Å². The molecule has 2 rings (SSSR count). The van der Waals surface area contributed by atoms with Gasteiger partial charge in [0, 0.05) is 12.6 Å². The minimum atomic E-state index is -0.468. The van der Waals surface area contributed by atoms with Crippen molar-refractivity contribution in [3.05, 3.63) is 34.9 Å². The second-order valence-electron chi connectivity index (χ2n) is 3.30. The van der Waals surface area contributed by atoms with Crippen molar-refractivity contribution in [1.29, 1.82) is 0 Å². The fourth-order valence-corrected chi connectivity index (χ4v) is 1.55. The van der Waals surface area contributed by atoms with E-state index in [9.17, 15) is 9.90 Å². The summed E-state index contributed by atoms with van der Waals surface area (Å²) in [5.41, 5.74) is 4.98. The van der Waals surface area contributed by atoms with Crippen molar-refractivity contribution in [3.8, 4) is 0 Å². The summed E-state index contributed by atoms with van der Waals surface area (Å²) in [7, 11) is 0. The zero-order valence-corrected chi connectivity index (χ0v) is 7.50. The summed E-state index contributed by atoms with van der Waals surface area (Å²) in [4.78, 5) is 15.0. The number of nitrogens with two attached hydrogens (primary N) is 1. The zero-order chi connectivity index (χ0) is 10.1. The van der Waals surface area contributed by atoms with Crippen LogP contribution in [0.4, 0.5) is 5.82 Å². The van der Waals surface area contributed by atoms with E-state index in [0.717, 1.165) is 0 Å². The van der Waals surface area contributed by atoms with Crippen LogP contribution in [0.15, 0.2) is 29.2 Å². The Morgan fingerprint density at radius 2 is 2.36 bits per heavy atom. The minimum absolute atomic E-state index is 0.106. The van der Waals surface area contributed by atoms with Gasteiger partial charge in [0.2, 0.25) is 0 Å². The quantitative estimate of drug-likeness (QED) is 0.599. The van der Waals surface area contributed by atoms with Crippen LogP contribution in [-0.2, 0) is 0 Å². The molecule has 3 N–H and O–H groups in total. The van der Waals surface area contributed by atoms with Gasteiger partial charge in [-0.05, 0) is 6.07 Å². The molecule has 0 amide bonds. The van der Waals surface area contributed by atoms with Gasteiger partial charge in [-0.3, -0.25) is 4.57 Å². The van der Waals surface area contributed by atoms with Gasteiger partial charge in [-0.25, -0.2) is 4.79 Å². The Kier molecular flexibility index (Phi) is 2.09. The number of nitrogen functional groups attached to an aromatic ring is 1. The Labute approximate surface area is 80.5 Å². The highest BCUT2D eigenvalue weighted by Crippen LogP contribution is 2.21. The average molecular weight is 193 g/mol.